The zero-order valence-electron chi connectivity index (χ0n) is 16.3. The van der Waals surface area contributed by atoms with Gasteiger partial charge in [-0.3, -0.25) is 9.59 Å². The molecule has 3 aromatic rings. The summed E-state index contributed by atoms with van der Waals surface area (Å²) in [7, 11) is 0. The molecule has 0 radical (unpaired) electrons. The van der Waals surface area contributed by atoms with Crippen molar-refractivity contribution in [3.05, 3.63) is 79.9 Å². The van der Waals surface area contributed by atoms with E-state index in [0.717, 1.165) is 18.4 Å². The molecule has 1 aliphatic heterocycles. The maximum absolute atomic E-state index is 14.1. The first-order valence-electron chi connectivity index (χ1n) is 10.3. The van der Waals surface area contributed by atoms with Crippen LogP contribution in [0, 0.1) is 5.82 Å². The van der Waals surface area contributed by atoms with Crippen LogP contribution in [0.5, 0.6) is 0 Å². The summed E-state index contributed by atoms with van der Waals surface area (Å²) in [6.07, 6.45) is 4.51. The lowest BCUT2D eigenvalue weighted by atomic mass is 9.87. The third-order valence-corrected chi connectivity index (χ3v) is 6.31. The molecular weight excluding hydrogens is 367 g/mol. The summed E-state index contributed by atoms with van der Waals surface area (Å²) in [6, 6.07) is 13.0. The van der Waals surface area contributed by atoms with Crippen LogP contribution in [0.2, 0.25) is 0 Å². The number of hydrogen-bond acceptors (Lipinski definition) is 4. The molecule has 0 atom stereocenters. The lowest BCUT2D eigenvalue weighted by Crippen LogP contribution is -2.51. The zero-order valence-corrected chi connectivity index (χ0v) is 16.3. The van der Waals surface area contributed by atoms with E-state index in [9.17, 15) is 14.0 Å². The van der Waals surface area contributed by atoms with Gasteiger partial charge in [-0.05, 0) is 54.5 Å². The van der Waals surface area contributed by atoms with Crippen molar-refractivity contribution in [1.29, 1.82) is 0 Å². The van der Waals surface area contributed by atoms with Gasteiger partial charge >= 0.3 is 0 Å². The van der Waals surface area contributed by atoms with Crippen molar-refractivity contribution in [2.24, 2.45) is 0 Å². The topological polar surface area (TPSA) is 40.6 Å². The maximum atomic E-state index is 14.1. The average Bonchev–Trinajstić information content (AvgIpc) is 2.77. The molecule has 0 spiro atoms. The molecule has 1 saturated heterocycles. The molecule has 148 valence electrons. The van der Waals surface area contributed by atoms with Crippen LogP contribution in [-0.2, 0) is 12.8 Å². The lowest BCUT2D eigenvalue weighted by Gasteiger charge is -2.38. The number of fused-ring (bicyclic) bond motifs is 1. The van der Waals surface area contributed by atoms with Gasteiger partial charge in [0.2, 0.25) is 10.9 Å². The Morgan fingerprint density at radius 3 is 2.21 bits per heavy atom. The van der Waals surface area contributed by atoms with E-state index < -0.39 is 5.43 Å². The van der Waals surface area contributed by atoms with Crippen LogP contribution in [0.25, 0.3) is 11.1 Å². The molecule has 5 heteroatoms. The highest BCUT2D eigenvalue weighted by atomic mass is 19.1. The predicted molar refractivity (Wildman–Crippen MR) is 114 cm³/mol. The maximum Gasteiger partial charge on any atom is 0.250 e. The summed E-state index contributed by atoms with van der Waals surface area (Å²) in [6.45, 7) is 2.42. The molecule has 1 fully saturated rings. The van der Waals surface area contributed by atoms with Crippen LogP contribution in [-0.4, -0.2) is 26.2 Å². The summed E-state index contributed by atoms with van der Waals surface area (Å²) in [5.41, 5.74) is 4.44. The van der Waals surface area contributed by atoms with E-state index in [1.807, 2.05) is 21.9 Å². The summed E-state index contributed by atoms with van der Waals surface area (Å²) >= 11 is 0. The Balaban J connectivity index is 1.40. The zero-order chi connectivity index (χ0) is 20.0. The third kappa shape index (κ3) is 3.05. The van der Waals surface area contributed by atoms with E-state index in [0.29, 0.717) is 43.1 Å². The van der Waals surface area contributed by atoms with Crippen molar-refractivity contribution in [3.8, 4) is 11.1 Å². The Bertz CT molecular complexity index is 1140. The Hall–Kier alpha value is -2.95. The predicted octanol–water partition coefficient (Wildman–Crippen LogP) is 3.29. The molecule has 0 saturated carbocycles. The minimum Gasteiger partial charge on any atom is -0.366 e. The average molecular weight is 390 g/mol. The van der Waals surface area contributed by atoms with Gasteiger partial charge in [-0.1, -0.05) is 30.3 Å². The number of piperazine rings is 1. The second-order valence-corrected chi connectivity index (χ2v) is 8.00. The molecule has 3 aromatic carbocycles. The molecule has 0 aromatic heterocycles. The van der Waals surface area contributed by atoms with Crippen LogP contribution >= 0.6 is 0 Å². The smallest absolute Gasteiger partial charge is 0.250 e. The summed E-state index contributed by atoms with van der Waals surface area (Å²) in [4.78, 5) is 28.8. The Kier molecular flexibility index (Phi) is 4.46. The number of aryl methyl sites for hydroxylation is 2. The SMILES string of the molecule is O=c1c(-c2ccc3c(c2)CCCC3)c(N2CCN(c3ccccc3F)CC2)c1=O. The molecule has 4 nitrogen and oxygen atoms in total. The molecule has 0 N–H and O–H groups in total. The number of nitrogens with zero attached hydrogens (tertiary/aromatic N) is 2. The Morgan fingerprint density at radius 1 is 0.759 bits per heavy atom. The van der Waals surface area contributed by atoms with E-state index in [1.165, 1.54) is 30.0 Å². The van der Waals surface area contributed by atoms with E-state index >= 15 is 0 Å². The minimum absolute atomic E-state index is 0.232. The number of anilines is 2. The number of rotatable bonds is 3. The molecule has 5 rings (SSSR count). The van der Waals surface area contributed by atoms with Gasteiger partial charge in [0, 0.05) is 26.2 Å². The highest BCUT2D eigenvalue weighted by Crippen LogP contribution is 2.32. The molecule has 0 bridgehead atoms. The van der Waals surface area contributed by atoms with Crippen LogP contribution < -0.4 is 20.7 Å². The first kappa shape index (κ1) is 18.1. The monoisotopic (exact) mass is 390 g/mol. The second kappa shape index (κ2) is 7.14. The van der Waals surface area contributed by atoms with Crippen molar-refractivity contribution in [3.63, 3.8) is 0 Å². The van der Waals surface area contributed by atoms with Gasteiger partial charge in [-0.2, -0.15) is 0 Å². The van der Waals surface area contributed by atoms with Crippen molar-refractivity contribution in [2.75, 3.05) is 36.0 Å². The molecule has 1 aliphatic carbocycles. The number of halogens is 1. The van der Waals surface area contributed by atoms with Crippen LogP contribution in [0.3, 0.4) is 0 Å². The standard InChI is InChI=1S/C24H23FN2O2/c25-19-7-3-4-8-20(19)26-11-13-27(14-12-26)22-21(23(28)24(22)29)18-10-9-16-5-1-2-6-17(16)15-18/h3-4,7-10,15H,1-2,5-6,11-14H2. The van der Waals surface area contributed by atoms with Gasteiger partial charge in [0.1, 0.15) is 11.5 Å². The number of hydrogen-bond donors (Lipinski definition) is 0. The Labute approximate surface area is 168 Å². The van der Waals surface area contributed by atoms with Crippen molar-refractivity contribution in [1.82, 2.24) is 0 Å². The number of benzene rings is 2. The Morgan fingerprint density at radius 2 is 1.45 bits per heavy atom. The largest absolute Gasteiger partial charge is 0.366 e. The minimum atomic E-state index is -0.392. The van der Waals surface area contributed by atoms with E-state index in [1.54, 1.807) is 12.1 Å². The summed E-state index contributed by atoms with van der Waals surface area (Å²) < 4.78 is 14.1. The summed E-state index contributed by atoms with van der Waals surface area (Å²) in [5, 5.41) is 0. The highest BCUT2D eigenvalue weighted by molar-refractivity contribution is 5.83. The second-order valence-electron chi connectivity index (χ2n) is 8.00. The number of para-hydroxylation sites is 1. The third-order valence-electron chi connectivity index (χ3n) is 6.31. The lowest BCUT2D eigenvalue weighted by molar-refractivity contribution is 0.597. The normalized spacial score (nSPS) is 16.9. The van der Waals surface area contributed by atoms with Crippen LogP contribution in [0.1, 0.15) is 24.0 Å². The van der Waals surface area contributed by atoms with E-state index in [-0.39, 0.29) is 11.2 Å². The van der Waals surface area contributed by atoms with E-state index in [4.69, 9.17) is 0 Å². The quantitative estimate of drug-likeness (QED) is 0.644. The summed E-state index contributed by atoms with van der Waals surface area (Å²) in [5.74, 6) is -0.232. The van der Waals surface area contributed by atoms with Gasteiger partial charge < -0.3 is 9.80 Å². The highest BCUT2D eigenvalue weighted by Gasteiger charge is 2.30. The fourth-order valence-corrected chi connectivity index (χ4v) is 4.72. The van der Waals surface area contributed by atoms with Gasteiger partial charge in [0.25, 0.3) is 0 Å². The van der Waals surface area contributed by atoms with Gasteiger partial charge in [-0.25, -0.2) is 4.39 Å². The fraction of sp³-hybridized carbons (Fsp3) is 0.333. The van der Waals surface area contributed by atoms with Crippen LogP contribution in [0.4, 0.5) is 15.8 Å². The first-order chi connectivity index (χ1) is 14.1. The molecule has 0 unspecified atom stereocenters. The van der Waals surface area contributed by atoms with Crippen molar-refractivity contribution >= 4 is 11.4 Å². The fourth-order valence-electron chi connectivity index (χ4n) is 4.72. The van der Waals surface area contributed by atoms with E-state index in [2.05, 4.69) is 12.1 Å². The van der Waals surface area contributed by atoms with Crippen molar-refractivity contribution in [2.45, 2.75) is 25.7 Å². The molecule has 29 heavy (non-hydrogen) atoms. The van der Waals surface area contributed by atoms with Gasteiger partial charge in [-0.15, -0.1) is 0 Å². The van der Waals surface area contributed by atoms with Gasteiger partial charge in [0.05, 0.1) is 11.3 Å². The van der Waals surface area contributed by atoms with Crippen LogP contribution in [0.15, 0.2) is 52.1 Å². The molecule has 1 heterocycles. The molecule has 2 aliphatic rings. The first-order valence-corrected chi connectivity index (χ1v) is 10.3. The molecule has 0 amide bonds. The molecular formula is C24H23FN2O2. The van der Waals surface area contributed by atoms with Gasteiger partial charge in [0.15, 0.2) is 0 Å². The van der Waals surface area contributed by atoms with Crippen molar-refractivity contribution < 1.29 is 4.39 Å².